The molecule has 0 aliphatic carbocycles. The summed E-state index contributed by atoms with van der Waals surface area (Å²) < 4.78 is 0. The van der Waals surface area contributed by atoms with Gasteiger partial charge in [-0.1, -0.05) is 37.6 Å². The van der Waals surface area contributed by atoms with Gasteiger partial charge in [-0.25, -0.2) is 0 Å². The lowest BCUT2D eigenvalue weighted by Crippen LogP contribution is -2.42. The van der Waals surface area contributed by atoms with Crippen molar-refractivity contribution < 1.29 is 0 Å². The maximum Gasteiger partial charge on any atom is 0.190 e. The molecule has 0 amide bonds. The lowest BCUT2D eigenvalue weighted by molar-refractivity contribution is 0.359. The minimum Gasteiger partial charge on any atom is -0.357 e. The predicted octanol–water partition coefficient (Wildman–Crippen LogP) is 3.09. The standard InChI is InChI=1S/C15H24ClN3/c1-5-18-14(17-4)19-11-15(2,3)10-12-7-6-8-13(16)9-12/h6-9H,5,10-11H2,1-4H3,(H2,17,18,19). The van der Waals surface area contributed by atoms with Gasteiger partial charge in [0.05, 0.1) is 0 Å². The van der Waals surface area contributed by atoms with Crippen molar-refractivity contribution in [3.8, 4) is 0 Å². The molecular weight excluding hydrogens is 258 g/mol. The van der Waals surface area contributed by atoms with Crippen LogP contribution in [0.4, 0.5) is 0 Å². The lowest BCUT2D eigenvalue weighted by Gasteiger charge is -2.26. The van der Waals surface area contributed by atoms with Crippen molar-refractivity contribution in [2.24, 2.45) is 10.4 Å². The zero-order chi connectivity index (χ0) is 14.3. The topological polar surface area (TPSA) is 36.4 Å². The Labute approximate surface area is 121 Å². The van der Waals surface area contributed by atoms with E-state index in [0.29, 0.717) is 0 Å². The predicted molar refractivity (Wildman–Crippen MR) is 84.0 cm³/mol. The van der Waals surface area contributed by atoms with Crippen molar-refractivity contribution in [2.45, 2.75) is 27.2 Å². The Balaban J connectivity index is 2.56. The van der Waals surface area contributed by atoms with E-state index in [1.54, 1.807) is 7.05 Å². The Kier molecular flexibility index (Phi) is 6.16. The lowest BCUT2D eigenvalue weighted by atomic mass is 9.86. The van der Waals surface area contributed by atoms with Gasteiger partial charge in [-0.2, -0.15) is 0 Å². The van der Waals surface area contributed by atoms with Crippen molar-refractivity contribution in [3.05, 3.63) is 34.9 Å². The molecular formula is C15H24ClN3. The Hall–Kier alpha value is -1.22. The fourth-order valence-corrected chi connectivity index (χ4v) is 2.19. The average Bonchev–Trinajstić information content (AvgIpc) is 2.34. The van der Waals surface area contributed by atoms with Gasteiger partial charge in [0.1, 0.15) is 0 Å². The first-order valence-corrected chi connectivity index (χ1v) is 7.03. The second-order valence-corrected chi connectivity index (χ2v) is 5.86. The third-order valence-corrected chi connectivity index (χ3v) is 3.11. The molecule has 0 spiro atoms. The highest BCUT2D eigenvalue weighted by Crippen LogP contribution is 2.22. The summed E-state index contributed by atoms with van der Waals surface area (Å²) in [5, 5.41) is 7.34. The molecule has 1 aromatic carbocycles. The van der Waals surface area contributed by atoms with E-state index in [1.807, 2.05) is 18.2 Å². The molecule has 106 valence electrons. The number of guanidine groups is 1. The molecule has 19 heavy (non-hydrogen) atoms. The molecule has 0 saturated carbocycles. The first kappa shape index (κ1) is 15.8. The Bertz CT molecular complexity index is 427. The van der Waals surface area contributed by atoms with Crippen LogP contribution in [0.15, 0.2) is 29.3 Å². The minimum absolute atomic E-state index is 0.135. The molecule has 0 aliphatic rings. The van der Waals surface area contributed by atoms with Gasteiger partial charge in [0, 0.05) is 25.2 Å². The quantitative estimate of drug-likeness (QED) is 0.643. The highest BCUT2D eigenvalue weighted by molar-refractivity contribution is 6.30. The van der Waals surface area contributed by atoms with Crippen LogP contribution < -0.4 is 10.6 Å². The molecule has 0 unspecified atom stereocenters. The first-order chi connectivity index (χ1) is 8.96. The van der Waals surface area contributed by atoms with Crippen molar-refractivity contribution in [3.63, 3.8) is 0 Å². The number of halogens is 1. The van der Waals surface area contributed by atoms with Crippen molar-refractivity contribution >= 4 is 17.6 Å². The van der Waals surface area contributed by atoms with Gasteiger partial charge in [0.2, 0.25) is 0 Å². The average molecular weight is 282 g/mol. The zero-order valence-electron chi connectivity index (χ0n) is 12.3. The first-order valence-electron chi connectivity index (χ1n) is 6.66. The van der Waals surface area contributed by atoms with Crippen LogP contribution in [0, 0.1) is 5.41 Å². The van der Waals surface area contributed by atoms with Crippen LogP contribution in [-0.2, 0) is 6.42 Å². The Morgan fingerprint density at radius 3 is 2.63 bits per heavy atom. The van der Waals surface area contributed by atoms with E-state index in [1.165, 1.54) is 5.56 Å². The second-order valence-electron chi connectivity index (χ2n) is 5.43. The largest absolute Gasteiger partial charge is 0.357 e. The van der Waals surface area contributed by atoms with Gasteiger partial charge in [-0.05, 0) is 36.5 Å². The van der Waals surface area contributed by atoms with Crippen LogP contribution in [0.2, 0.25) is 5.02 Å². The summed E-state index contributed by atoms with van der Waals surface area (Å²) in [6.45, 7) is 8.26. The third-order valence-electron chi connectivity index (χ3n) is 2.87. The maximum atomic E-state index is 6.02. The number of nitrogens with zero attached hydrogens (tertiary/aromatic N) is 1. The molecule has 0 aromatic heterocycles. The summed E-state index contributed by atoms with van der Waals surface area (Å²) in [7, 11) is 1.79. The Morgan fingerprint density at radius 1 is 1.32 bits per heavy atom. The van der Waals surface area contributed by atoms with E-state index in [9.17, 15) is 0 Å². The van der Waals surface area contributed by atoms with Gasteiger partial charge in [-0.3, -0.25) is 4.99 Å². The van der Waals surface area contributed by atoms with E-state index in [-0.39, 0.29) is 5.41 Å². The molecule has 1 rings (SSSR count). The minimum atomic E-state index is 0.135. The molecule has 2 N–H and O–H groups in total. The van der Waals surface area contributed by atoms with Gasteiger partial charge in [0.25, 0.3) is 0 Å². The van der Waals surface area contributed by atoms with E-state index in [4.69, 9.17) is 11.6 Å². The van der Waals surface area contributed by atoms with Crippen molar-refractivity contribution in [2.75, 3.05) is 20.1 Å². The smallest absolute Gasteiger partial charge is 0.190 e. The van der Waals surface area contributed by atoms with Crippen molar-refractivity contribution in [1.82, 2.24) is 10.6 Å². The second kappa shape index (κ2) is 7.39. The molecule has 0 bridgehead atoms. The number of hydrogen-bond donors (Lipinski definition) is 2. The van der Waals surface area contributed by atoms with Crippen LogP contribution in [0.25, 0.3) is 0 Å². The van der Waals surface area contributed by atoms with Gasteiger partial charge in [0.15, 0.2) is 5.96 Å². The van der Waals surface area contributed by atoms with Crippen LogP contribution in [-0.4, -0.2) is 26.1 Å². The normalized spacial score (nSPS) is 12.4. The summed E-state index contributed by atoms with van der Waals surface area (Å²) in [5.74, 6) is 0.849. The molecule has 0 radical (unpaired) electrons. The number of nitrogens with one attached hydrogen (secondary N) is 2. The van der Waals surface area contributed by atoms with Gasteiger partial charge in [-0.15, -0.1) is 0 Å². The SMILES string of the molecule is CCNC(=NC)NCC(C)(C)Cc1cccc(Cl)c1. The summed E-state index contributed by atoms with van der Waals surface area (Å²) >= 11 is 6.02. The van der Waals surface area contributed by atoms with Crippen LogP contribution >= 0.6 is 11.6 Å². The molecule has 0 aliphatic heterocycles. The van der Waals surface area contributed by atoms with Gasteiger partial charge >= 0.3 is 0 Å². The van der Waals surface area contributed by atoms with E-state index < -0.39 is 0 Å². The molecule has 0 saturated heterocycles. The maximum absolute atomic E-state index is 6.02. The molecule has 0 atom stereocenters. The van der Waals surface area contributed by atoms with Crippen molar-refractivity contribution in [1.29, 1.82) is 0 Å². The van der Waals surface area contributed by atoms with Crippen LogP contribution in [0.3, 0.4) is 0 Å². The number of rotatable bonds is 5. The van der Waals surface area contributed by atoms with Crippen LogP contribution in [0.1, 0.15) is 26.3 Å². The molecule has 0 fully saturated rings. The zero-order valence-corrected chi connectivity index (χ0v) is 13.0. The van der Waals surface area contributed by atoms with E-state index >= 15 is 0 Å². The van der Waals surface area contributed by atoms with Gasteiger partial charge < -0.3 is 10.6 Å². The third kappa shape index (κ3) is 5.97. The molecule has 0 heterocycles. The fourth-order valence-electron chi connectivity index (χ4n) is 1.97. The summed E-state index contributed by atoms with van der Waals surface area (Å²) in [5.41, 5.74) is 1.40. The summed E-state index contributed by atoms with van der Waals surface area (Å²) in [4.78, 5) is 4.18. The number of hydrogen-bond acceptors (Lipinski definition) is 1. The monoisotopic (exact) mass is 281 g/mol. The summed E-state index contributed by atoms with van der Waals surface area (Å²) in [6, 6.07) is 8.05. The number of aliphatic imine (C=N–C) groups is 1. The molecule has 3 nitrogen and oxygen atoms in total. The Morgan fingerprint density at radius 2 is 2.05 bits per heavy atom. The highest BCUT2D eigenvalue weighted by Gasteiger charge is 2.19. The number of benzene rings is 1. The highest BCUT2D eigenvalue weighted by atomic mass is 35.5. The van der Waals surface area contributed by atoms with Crippen LogP contribution in [0.5, 0.6) is 0 Å². The molecule has 1 aromatic rings. The van der Waals surface area contributed by atoms with E-state index in [2.05, 4.69) is 42.5 Å². The summed E-state index contributed by atoms with van der Waals surface area (Å²) in [6.07, 6.45) is 0.976. The fraction of sp³-hybridized carbons (Fsp3) is 0.533. The van der Waals surface area contributed by atoms with E-state index in [0.717, 1.165) is 30.5 Å². The molecule has 4 heteroatoms.